The third kappa shape index (κ3) is 3.13. The number of hydrogen-bond acceptors (Lipinski definition) is 1. The van der Waals surface area contributed by atoms with Crippen molar-refractivity contribution < 1.29 is 9.18 Å². The van der Waals surface area contributed by atoms with Crippen LogP contribution in [0.15, 0.2) is 36.4 Å². The number of ketones is 1. The topological polar surface area (TPSA) is 17.1 Å². The fourth-order valence-electron chi connectivity index (χ4n) is 0.990. The summed E-state index contributed by atoms with van der Waals surface area (Å²) in [5, 5.41) is 0. The van der Waals surface area contributed by atoms with Crippen LogP contribution in [0.25, 0.3) is 0 Å². The Hall–Kier alpha value is -1.44. The first kappa shape index (κ1) is 10.6. The van der Waals surface area contributed by atoms with Gasteiger partial charge in [0, 0.05) is 5.56 Å². The summed E-state index contributed by atoms with van der Waals surface area (Å²) >= 11 is 0. The van der Waals surface area contributed by atoms with Crippen LogP contribution in [0, 0.1) is 11.7 Å². The number of carbonyl (C=O) groups excluding carboxylic acids is 1. The van der Waals surface area contributed by atoms with E-state index < -0.39 is 0 Å². The maximum atomic E-state index is 12.5. The number of halogens is 1. The Morgan fingerprint density at radius 3 is 2.36 bits per heavy atom. The van der Waals surface area contributed by atoms with Crippen LogP contribution in [0.4, 0.5) is 4.39 Å². The van der Waals surface area contributed by atoms with E-state index in [1.54, 1.807) is 0 Å². The van der Waals surface area contributed by atoms with Gasteiger partial charge in [-0.1, -0.05) is 19.9 Å². The summed E-state index contributed by atoms with van der Waals surface area (Å²) in [7, 11) is 0. The second-order valence-electron chi connectivity index (χ2n) is 3.47. The predicted molar refractivity (Wildman–Crippen MR) is 54.7 cm³/mol. The third-order valence-corrected chi connectivity index (χ3v) is 1.76. The summed E-state index contributed by atoms with van der Waals surface area (Å²) < 4.78 is 12.5. The maximum absolute atomic E-state index is 12.5. The van der Waals surface area contributed by atoms with Crippen LogP contribution in [0.2, 0.25) is 0 Å². The van der Waals surface area contributed by atoms with Crippen LogP contribution in [-0.4, -0.2) is 5.78 Å². The Morgan fingerprint density at radius 2 is 1.86 bits per heavy atom. The predicted octanol–water partition coefficient (Wildman–Crippen LogP) is 3.22. The van der Waals surface area contributed by atoms with Crippen molar-refractivity contribution in [2.45, 2.75) is 13.8 Å². The minimum Gasteiger partial charge on any atom is -0.289 e. The van der Waals surface area contributed by atoms with Crippen LogP contribution < -0.4 is 0 Å². The lowest BCUT2D eigenvalue weighted by Crippen LogP contribution is -1.94. The van der Waals surface area contributed by atoms with Crippen molar-refractivity contribution in [2.75, 3.05) is 0 Å². The van der Waals surface area contributed by atoms with Gasteiger partial charge in [-0.05, 0) is 36.3 Å². The molecule has 0 saturated heterocycles. The SMILES string of the molecule is CC(C)C=CC(=O)c1ccc(F)cc1. The average Bonchev–Trinajstić information content (AvgIpc) is 2.15. The summed E-state index contributed by atoms with van der Waals surface area (Å²) in [5.41, 5.74) is 0.517. The Balaban J connectivity index is 2.75. The quantitative estimate of drug-likeness (QED) is 0.531. The Morgan fingerprint density at radius 1 is 1.29 bits per heavy atom. The molecule has 0 radical (unpaired) electrons. The zero-order chi connectivity index (χ0) is 10.6. The van der Waals surface area contributed by atoms with Gasteiger partial charge in [0.1, 0.15) is 5.82 Å². The minimum atomic E-state index is -0.325. The zero-order valence-corrected chi connectivity index (χ0v) is 8.33. The van der Waals surface area contributed by atoms with Crippen LogP contribution in [0.5, 0.6) is 0 Å². The Kier molecular flexibility index (Phi) is 3.57. The molecule has 0 spiro atoms. The van der Waals surface area contributed by atoms with E-state index >= 15 is 0 Å². The highest BCUT2D eigenvalue weighted by Gasteiger charge is 2.01. The highest BCUT2D eigenvalue weighted by molar-refractivity contribution is 6.04. The molecule has 0 heterocycles. The van der Waals surface area contributed by atoms with Crippen molar-refractivity contribution in [1.29, 1.82) is 0 Å². The first-order valence-electron chi connectivity index (χ1n) is 4.57. The molecule has 0 aliphatic rings. The zero-order valence-electron chi connectivity index (χ0n) is 8.33. The fraction of sp³-hybridized carbons (Fsp3) is 0.250. The van der Waals surface area contributed by atoms with Crippen molar-refractivity contribution in [1.82, 2.24) is 0 Å². The molecule has 1 aromatic carbocycles. The molecule has 0 aliphatic carbocycles. The van der Waals surface area contributed by atoms with Gasteiger partial charge in [0.15, 0.2) is 5.78 Å². The van der Waals surface area contributed by atoms with Crippen LogP contribution in [0.1, 0.15) is 24.2 Å². The van der Waals surface area contributed by atoms with E-state index in [9.17, 15) is 9.18 Å². The standard InChI is InChI=1S/C12H13FO/c1-9(2)3-8-12(14)10-4-6-11(13)7-5-10/h3-9H,1-2H3. The molecule has 0 bridgehead atoms. The number of rotatable bonds is 3. The van der Waals surface area contributed by atoms with Gasteiger partial charge in [-0.15, -0.1) is 0 Å². The Bertz CT molecular complexity index is 336. The number of allylic oxidation sites excluding steroid dienone is 2. The van der Waals surface area contributed by atoms with Crippen molar-refractivity contribution in [2.24, 2.45) is 5.92 Å². The van der Waals surface area contributed by atoms with Crippen molar-refractivity contribution in [3.63, 3.8) is 0 Å². The monoisotopic (exact) mass is 192 g/mol. The second kappa shape index (κ2) is 4.70. The van der Waals surface area contributed by atoms with Gasteiger partial charge in [0.05, 0.1) is 0 Å². The molecular weight excluding hydrogens is 179 g/mol. The van der Waals surface area contributed by atoms with Gasteiger partial charge in [-0.25, -0.2) is 4.39 Å². The molecule has 74 valence electrons. The minimum absolute atomic E-state index is 0.0845. The highest BCUT2D eigenvalue weighted by atomic mass is 19.1. The Labute approximate surface area is 83.3 Å². The van der Waals surface area contributed by atoms with E-state index in [1.165, 1.54) is 30.3 Å². The summed E-state index contributed by atoms with van der Waals surface area (Å²) in [4.78, 5) is 11.5. The molecule has 0 fully saturated rings. The lowest BCUT2D eigenvalue weighted by molar-refractivity contribution is 0.104. The van der Waals surface area contributed by atoms with E-state index in [0.29, 0.717) is 11.5 Å². The lowest BCUT2D eigenvalue weighted by Gasteiger charge is -1.96. The normalized spacial score (nSPS) is 11.1. The molecule has 0 amide bonds. The van der Waals surface area contributed by atoms with Gasteiger partial charge < -0.3 is 0 Å². The number of benzene rings is 1. The van der Waals surface area contributed by atoms with E-state index in [4.69, 9.17) is 0 Å². The summed E-state index contributed by atoms with van der Waals surface area (Å²) in [6.07, 6.45) is 3.35. The molecule has 14 heavy (non-hydrogen) atoms. The van der Waals surface area contributed by atoms with Crippen molar-refractivity contribution >= 4 is 5.78 Å². The molecular formula is C12H13FO. The van der Waals surface area contributed by atoms with Crippen LogP contribution >= 0.6 is 0 Å². The summed E-state index contributed by atoms with van der Waals surface area (Å²) in [6.45, 7) is 3.99. The molecule has 0 aromatic heterocycles. The fourth-order valence-corrected chi connectivity index (χ4v) is 0.990. The first-order valence-corrected chi connectivity index (χ1v) is 4.57. The molecule has 1 rings (SSSR count). The van der Waals surface area contributed by atoms with Crippen molar-refractivity contribution in [3.05, 3.63) is 47.8 Å². The molecule has 0 N–H and O–H groups in total. The molecule has 0 aliphatic heterocycles. The van der Waals surface area contributed by atoms with E-state index in [0.717, 1.165) is 0 Å². The van der Waals surface area contributed by atoms with E-state index in [2.05, 4.69) is 0 Å². The van der Waals surface area contributed by atoms with E-state index in [-0.39, 0.29) is 11.6 Å². The largest absolute Gasteiger partial charge is 0.289 e. The molecule has 1 aromatic rings. The molecule has 0 atom stereocenters. The second-order valence-corrected chi connectivity index (χ2v) is 3.47. The van der Waals surface area contributed by atoms with Gasteiger partial charge in [0.25, 0.3) is 0 Å². The van der Waals surface area contributed by atoms with Crippen LogP contribution in [-0.2, 0) is 0 Å². The van der Waals surface area contributed by atoms with Crippen LogP contribution in [0.3, 0.4) is 0 Å². The molecule has 2 heteroatoms. The van der Waals surface area contributed by atoms with Gasteiger partial charge in [-0.2, -0.15) is 0 Å². The molecule has 0 saturated carbocycles. The molecule has 1 nitrogen and oxygen atoms in total. The summed E-state index contributed by atoms with van der Waals surface area (Å²) in [6, 6.07) is 5.55. The average molecular weight is 192 g/mol. The maximum Gasteiger partial charge on any atom is 0.185 e. The highest BCUT2D eigenvalue weighted by Crippen LogP contribution is 2.05. The lowest BCUT2D eigenvalue weighted by atomic mass is 10.1. The van der Waals surface area contributed by atoms with Gasteiger partial charge in [-0.3, -0.25) is 4.79 Å². The number of hydrogen-bond donors (Lipinski definition) is 0. The van der Waals surface area contributed by atoms with Gasteiger partial charge >= 0.3 is 0 Å². The summed E-state index contributed by atoms with van der Waals surface area (Å²) in [5.74, 6) is -0.0625. The third-order valence-electron chi connectivity index (χ3n) is 1.76. The first-order chi connectivity index (χ1) is 6.59. The van der Waals surface area contributed by atoms with Gasteiger partial charge in [0.2, 0.25) is 0 Å². The van der Waals surface area contributed by atoms with Crippen molar-refractivity contribution in [3.8, 4) is 0 Å². The molecule has 0 unspecified atom stereocenters. The smallest absolute Gasteiger partial charge is 0.185 e. The number of carbonyl (C=O) groups is 1. The van der Waals surface area contributed by atoms with E-state index in [1.807, 2.05) is 19.9 Å².